The van der Waals surface area contributed by atoms with E-state index in [2.05, 4.69) is 49.2 Å². The van der Waals surface area contributed by atoms with E-state index in [4.69, 9.17) is 5.73 Å². The lowest BCUT2D eigenvalue weighted by molar-refractivity contribution is 0.773. The Hall–Kier alpha value is -1.77. The molecule has 96 valence electrons. The maximum absolute atomic E-state index is 6.02. The van der Waals surface area contributed by atoms with E-state index in [9.17, 15) is 0 Å². The van der Waals surface area contributed by atoms with Gasteiger partial charge in [-0.05, 0) is 37.8 Å². The predicted octanol–water partition coefficient (Wildman–Crippen LogP) is 3.62. The van der Waals surface area contributed by atoms with Crippen molar-refractivity contribution in [1.82, 2.24) is 10.2 Å². The molecular formula is C15H21N3. The number of nitrogen functional groups attached to an aromatic ring is 1. The summed E-state index contributed by atoms with van der Waals surface area (Å²) in [4.78, 5) is 0. The maximum atomic E-state index is 6.02. The predicted molar refractivity (Wildman–Crippen MR) is 76.5 cm³/mol. The minimum atomic E-state index is 0.606. The normalized spacial score (nSPS) is 10.8. The molecule has 0 fully saturated rings. The fourth-order valence-electron chi connectivity index (χ4n) is 2.23. The first-order valence-corrected chi connectivity index (χ1v) is 6.53. The minimum Gasteiger partial charge on any atom is -0.382 e. The van der Waals surface area contributed by atoms with E-state index in [1.54, 1.807) is 0 Å². The summed E-state index contributed by atoms with van der Waals surface area (Å²) in [6.07, 6.45) is 3.33. The van der Waals surface area contributed by atoms with Crippen LogP contribution in [-0.4, -0.2) is 10.2 Å². The number of unbranched alkanes of at least 4 members (excludes halogenated alkanes) is 1. The third-order valence-electron chi connectivity index (χ3n) is 3.31. The summed E-state index contributed by atoms with van der Waals surface area (Å²) in [5, 5.41) is 7.25. The Bertz CT molecular complexity index is 541. The summed E-state index contributed by atoms with van der Waals surface area (Å²) in [5.74, 6) is 0.606. The number of hydrogen-bond acceptors (Lipinski definition) is 2. The summed E-state index contributed by atoms with van der Waals surface area (Å²) in [7, 11) is 0. The lowest BCUT2D eigenvalue weighted by Gasteiger charge is -2.08. The molecule has 0 saturated carbocycles. The zero-order valence-corrected chi connectivity index (χ0v) is 11.4. The Labute approximate surface area is 108 Å². The number of rotatable bonds is 4. The van der Waals surface area contributed by atoms with Crippen LogP contribution >= 0.6 is 0 Å². The van der Waals surface area contributed by atoms with Crippen LogP contribution in [0, 0.1) is 13.8 Å². The van der Waals surface area contributed by atoms with E-state index in [1.165, 1.54) is 23.1 Å². The summed E-state index contributed by atoms with van der Waals surface area (Å²) in [6.45, 7) is 6.41. The van der Waals surface area contributed by atoms with Gasteiger partial charge in [-0.3, -0.25) is 5.10 Å². The van der Waals surface area contributed by atoms with Crippen molar-refractivity contribution in [2.45, 2.75) is 40.0 Å². The molecule has 0 spiro atoms. The fraction of sp³-hybridized carbons (Fsp3) is 0.400. The van der Waals surface area contributed by atoms with E-state index in [1.807, 2.05) is 0 Å². The Balaban J connectivity index is 2.48. The van der Waals surface area contributed by atoms with Crippen LogP contribution in [0.5, 0.6) is 0 Å². The van der Waals surface area contributed by atoms with Gasteiger partial charge < -0.3 is 5.73 Å². The van der Waals surface area contributed by atoms with E-state index in [0.29, 0.717) is 5.82 Å². The molecule has 0 atom stereocenters. The van der Waals surface area contributed by atoms with Gasteiger partial charge >= 0.3 is 0 Å². The number of aromatic amines is 1. The van der Waals surface area contributed by atoms with Crippen LogP contribution in [0.2, 0.25) is 0 Å². The number of aromatic nitrogens is 2. The van der Waals surface area contributed by atoms with Crippen LogP contribution in [0.1, 0.15) is 36.6 Å². The Kier molecular flexibility index (Phi) is 3.70. The summed E-state index contributed by atoms with van der Waals surface area (Å²) in [5.41, 5.74) is 12.0. The minimum absolute atomic E-state index is 0.606. The molecule has 0 amide bonds. The molecule has 0 aliphatic rings. The molecule has 0 aliphatic heterocycles. The maximum Gasteiger partial charge on any atom is 0.153 e. The monoisotopic (exact) mass is 243 g/mol. The highest BCUT2D eigenvalue weighted by atomic mass is 15.2. The van der Waals surface area contributed by atoms with Crippen molar-refractivity contribution in [2.24, 2.45) is 0 Å². The molecule has 0 radical (unpaired) electrons. The summed E-state index contributed by atoms with van der Waals surface area (Å²) < 4.78 is 0. The van der Waals surface area contributed by atoms with Gasteiger partial charge in [0.05, 0.1) is 0 Å². The number of nitrogens with two attached hydrogens (primary N) is 1. The summed E-state index contributed by atoms with van der Waals surface area (Å²) in [6, 6.07) is 6.45. The second-order valence-electron chi connectivity index (χ2n) is 4.88. The van der Waals surface area contributed by atoms with E-state index < -0.39 is 0 Å². The van der Waals surface area contributed by atoms with Crippen molar-refractivity contribution in [3.05, 3.63) is 35.0 Å². The fourth-order valence-corrected chi connectivity index (χ4v) is 2.23. The SMILES string of the molecule is CCCCc1[nH]nc(N)c1-c1cc(C)ccc1C. The van der Waals surface area contributed by atoms with Crippen molar-refractivity contribution in [3.8, 4) is 11.1 Å². The highest BCUT2D eigenvalue weighted by Gasteiger charge is 2.14. The van der Waals surface area contributed by atoms with Crippen molar-refractivity contribution in [1.29, 1.82) is 0 Å². The molecule has 2 rings (SSSR count). The van der Waals surface area contributed by atoms with Crippen LogP contribution in [0.15, 0.2) is 18.2 Å². The van der Waals surface area contributed by atoms with Crippen LogP contribution in [-0.2, 0) is 6.42 Å². The Morgan fingerprint density at radius 3 is 2.78 bits per heavy atom. The smallest absolute Gasteiger partial charge is 0.153 e. The van der Waals surface area contributed by atoms with E-state index in [-0.39, 0.29) is 0 Å². The average Bonchev–Trinajstić information content (AvgIpc) is 2.71. The molecule has 3 heteroatoms. The number of hydrogen-bond donors (Lipinski definition) is 2. The first-order chi connectivity index (χ1) is 8.63. The van der Waals surface area contributed by atoms with Gasteiger partial charge in [0.25, 0.3) is 0 Å². The number of aryl methyl sites for hydroxylation is 3. The third-order valence-corrected chi connectivity index (χ3v) is 3.31. The first kappa shape index (κ1) is 12.7. The molecule has 18 heavy (non-hydrogen) atoms. The van der Waals surface area contributed by atoms with Gasteiger partial charge in [0.2, 0.25) is 0 Å². The van der Waals surface area contributed by atoms with Crippen LogP contribution in [0.3, 0.4) is 0 Å². The van der Waals surface area contributed by atoms with Gasteiger partial charge in [-0.2, -0.15) is 5.10 Å². The highest BCUT2D eigenvalue weighted by molar-refractivity contribution is 5.78. The molecule has 2 aromatic rings. The first-order valence-electron chi connectivity index (χ1n) is 6.53. The highest BCUT2D eigenvalue weighted by Crippen LogP contribution is 2.32. The van der Waals surface area contributed by atoms with Crippen molar-refractivity contribution in [3.63, 3.8) is 0 Å². The van der Waals surface area contributed by atoms with E-state index >= 15 is 0 Å². The third kappa shape index (κ3) is 2.40. The van der Waals surface area contributed by atoms with Gasteiger partial charge in [0.15, 0.2) is 5.82 Å². The van der Waals surface area contributed by atoms with Crippen molar-refractivity contribution in [2.75, 3.05) is 5.73 Å². The molecule has 0 bridgehead atoms. The quantitative estimate of drug-likeness (QED) is 0.861. The number of H-pyrrole nitrogens is 1. The van der Waals surface area contributed by atoms with E-state index in [0.717, 1.165) is 24.1 Å². The van der Waals surface area contributed by atoms with Gasteiger partial charge in [-0.15, -0.1) is 0 Å². The molecule has 3 nitrogen and oxygen atoms in total. The number of nitrogens with one attached hydrogen (secondary N) is 1. The van der Waals surface area contributed by atoms with Gasteiger partial charge in [0.1, 0.15) is 0 Å². The number of nitrogens with zero attached hydrogens (tertiary/aromatic N) is 1. The molecule has 1 aromatic heterocycles. The van der Waals surface area contributed by atoms with Gasteiger partial charge in [0, 0.05) is 11.3 Å². The second-order valence-corrected chi connectivity index (χ2v) is 4.88. The molecule has 1 heterocycles. The largest absolute Gasteiger partial charge is 0.382 e. The Morgan fingerprint density at radius 2 is 2.06 bits per heavy atom. The molecule has 0 aliphatic carbocycles. The lowest BCUT2D eigenvalue weighted by Crippen LogP contribution is -1.94. The molecule has 1 aromatic carbocycles. The Morgan fingerprint density at radius 1 is 1.28 bits per heavy atom. The van der Waals surface area contributed by atoms with Crippen molar-refractivity contribution >= 4 is 5.82 Å². The molecule has 0 saturated heterocycles. The topological polar surface area (TPSA) is 54.7 Å². The van der Waals surface area contributed by atoms with Crippen LogP contribution in [0.4, 0.5) is 5.82 Å². The zero-order valence-electron chi connectivity index (χ0n) is 11.4. The lowest BCUT2D eigenvalue weighted by atomic mass is 9.96. The molecule has 3 N–H and O–H groups in total. The summed E-state index contributed by atoms with van der Waals surface area (Å²) >= 11 is 0. The molecule has 0 unspecified atom stereocenters. The van der Waals surface area contributed by atoms with Crippen molar-refractivity contribution < 1.29 is 0 Å². The van der Waals surface area contributed by atoms with Crippen LogP contribution in [0.25, 0.3) is 11.1 Å². The van der Waals surface area contributed by atoms with Crippen LogP contribution < -0.4 is 5.73 Å². The molecular weight excluding hydrogens is 222 g/mol. The zero-order chi connectivity index (χ0) is 13.1. The van der Waals surface area contributed by atoms with Gasteiger partial charge in [-0.25, -0.2) is 0 Å². The number of benzene rings is 1. The second kappa shape index (κ2) is 5.25. The number of anilines is 1. The standard InChI is InChI=1S/C15H21N3/c1-4-5-6-13-14(15(16)18-17-13)12-9-10(2)7-8-11(12)3/h7-9H,4-6H2,1-3H3,(H3,16,17,18). The average molecular weight is 243 g/mol. The van der Waals surface area contributed by atoms with Gasteiger partial charge in [-0.1, -0.05) is 37.1 Å².